The molecule has 92 valence electrons. The van der Waals surface area contributed by atoms with Crippen LogP contribution < -0.4 is 10.1 Å². The third-order valence-corrected chi connectivity index (χ3v) is 2.95. The van der Waals surface area contributed by atoms with Crippen molar-refractivity contribution in [2.24, 2.45) is 0 Å². The van der Waals surface area contributed by atoms with Crippen LogP contribution in [0.1, 0.15) is 26.2 Å². The smallest absolute Gasteiger partial charge is 0.260 e. The summed E-state index contributed by atoms with van der Waals surface area (Å²) in [5.41, 5.74) is 0. The minimum atomic E-state index is -0.544. The Kier molecular flexibility index (Phi) is 3.52. The van der Waals surface area contributed by atoms with E-state index in [0.717, 1.165) is 12.8 Å². The van der Waals surface area contributed by atoms with Crippen molar-refractivity contribution >= 4 is 5.91 Å². The van der Waals surface area contributed by atoms with E-state index in [-0.39, 0.29) is 11.7 Å². The van der Waals surface area contributed by atoms with E-state index in [1.165, 1.54) is 12.5 Å². The number of phenolic OH excluding ortho intramolecular Hbond substituents is 1. The molecule has 1 aromatic rings. The first kappa shape index (κ1) is 11.8. The maximum absolute atomic E-state index is 11.7. The van der Waals surface area contributed by atoms with Crippen molar-refractivity contribution in [3.8, 4) is 11.5 Å². The second kappa shape index (κ2) is 5.08. The number of rotatable bonds is 4. The molecule has 1 aromatic carbocycles. The Morgan fingerprint density at radius 2 is 2.29 bits per heavy atom. The standard InChI is InChI=1S/C13H17NO3/c1-9(13(16)14-10-4-2-5-10)17-12-7-3-6-11(15)8-12/h3,6-10,15H,2,4-5H2,1H3,(H,14,16). The van der Waals surface area contributed by atoms with Crippen LogP contribution in [0.2, 0.25) is 0 Å². The molecule has 17 heavy (non-hydrogen) atoms. The normalized spacial score (nSPS) is 17.0. The molecule has 4 nitrogen and oxygen atoms in total. The molecule has 0 aliphatic heterocycles. The first-order valence-corrected chi connectivity index (χ1v) is 5.91. The molecule has 0 bridgehead atoms. The van der Waals surface area contributed by atoms with Crippen molar-refractivity contribution in [3.05, 3.63) is 24.3 Å². The average molecular weight is 235 g/mol. The fourth-order valence-electron chi connectivity index (χ4n) is 1.69. The number of benzene rings is 1. The molecule has 0 aromatic heterocycles. The SMILES string of the molecule is CC(Oc1cccc(O)c1)C(=O)NC1CCC1. The highest BCUT2D eigenvalue weighted by Crippen LogP contribution is 2.20. The van der Waals surface area contributed by atoms with Crippen LogP contribution in [0.4, 0.5) is 0 Å². The zero-order valence-corrected chi connectivity index (χ0v) is 9.85. The van der Waals surface area contributed by atoms with Crippen LogP contribution in [0.15, 0.2) is 24.3 Å². The molecular formula is C13H17NO3. The molecule has 1 amide bonds. The van der Waals surface area contributed by atoms with E-state index in [1.807, 2.05) is 0 Å². The molecule has 4 heteroatoms. The van der Waals surface area contributed by atoms with E-state index < -0.39 is 6.10 Å². The van der Waals surface area contributed by atoms with Crippen molar-refractivity contribution in [3.63, 3.8) is 0 Å². The molecule has 2 rings (SSSR count). The van der Waals surface area contributed by atoms with Gasteiger partial charge in [-0.2, -0.15) is 0 Å². The van der Waals surface area contributed by atoms with Gasteiger partial charge in [-0.15, -0.1) is 0 Å². The van der Waals surface area contributed by atoms with Gasteiger partial charge >= 0.3 is 0 Å². The lowest BCUT2D eigenvalue weighted by Crippen LogP contribution is -2.45. The number of amides is 1. The maximum Gasteiger partial charge on any atom is 0.260 e. The summed E-state index contributed by atoms with van der Waals surface area (Å²) in [5, 5.41) is 12.2. The fourth-order valence-corrected chi connectivity index (χ4v) is 1.69. The predicted octanol–water partition coefficient (Wildman–Crippen LogP) is 1.83. The lowest BCUT2D eigenvalue weighted by atomic mass is 9.93. The van der Waals surface area contributed by atoms with Gasteiger partial charge in [0.1, 0.15) is 11.5 Å². The van der Waals surface area contributed by atoms with Crippen molar-refractivity contribution in [2.75, 3.05) is 0 Å². The largest absolute Gasteiger partial charge is 0.508 e. The van der Waals surface area contributed by atoms with Gasteiger partial charge < -0.3 is 15.2 Å². The maximum atomic E-state index is 11.7. The van der Waals surface area contributed by atoms with Gasteiger partial charge in [-0.1, -0.05) is 6.07 Å². The van der Waals surface area contributed by atoms with Gasteiger partial charge in [-0.3, -0.25) is 4.79 Å². The second-order valence-corrected chi connectivity index (χ2v) is 4.39. The minimum Gasteiger partial charge on any atom is -0.508 e. The van der Waals surface area contributed by atoms with Crippen molar-refractivity contribution in [2.45, 2.75) is 38.3 Å². The Balaban J connectivity index is 1.87. The average Bonchev–Trinajstić information content (AvgIpc) is 2.23. The van der Waals surface area contributed by atoms with Crippen LogP contribution in [0.25, 0.3) is 0 Å². The number of phenols is 1. The van der Waals surface area contributed by atoms with Crippen LogP contribution in [0.3, 0.4) is 0 Å². The van der Waals surface area contributed by atoms with E-state index in [2.05, 4.69) is 5.32 Å². The summed E-state index contributed by atoms with van der Waals surface area (Å²) in [6, 6.07) is 6.77. The molecule has 1 aliphatic carbocycles. The van der Waals surface area contributed by atoms with Crippen molar-refractivity contribution in [1.29, 1.82) is 0 Å². The van der Waals surface area contributed by atoms with Gasteiger partial charge in [0.2, 0.25) is 0 Å². The molecule has 1 aliphatic rings. The number of nitrogens with one attached hydrogen (secondary N) is 1. The number of hydrogen-bond donors (Lipinski definition) is 2. The Hall–Kier alpha value is -1.71. The molecule has 0 saturated heterocycles. The number of carbonyl (C=O) groups is 1. The Morgan fingerprint density at radius 1 is 1.53 bits per heavy atom. The van der Waals surface area contributed by atoms with Gasteiger partial charge in [0.25, 0.3) is 5.91 Å². The summed E-state index contributed by atoms with van der Waals surface area (Å²) < 4.78 is 5.45. The minimum absolute atomic E-state index is 0.0990. The molecule has 2 N–H and O–H groups in total. The Labute approximate surface area is 101 Å². The van der Waals surface area contributed by atoms with Gasteiger partial charge in [-0.25, -0.2) is 0 Å². The number of hydrogen-bond acceptors (Lipinski definition) is 3. The molecule has 1 atom stereocenters. The van der Waals surface area contributed by atoms with Gasteiger partial charge in [0.05, 0.1) is 0 Å². The van der Waals surface area contributed by atoms with Crippen LogP contribution in [0.5, 0.6) is 11.5 Å². The first-order chi connectivity index (χ1) is 8.15. The molecule has 0 spiro atoms. The lowest BCUT2D eigenvalue weighted by molar-refractivity contribution is -0.128. The molecule has 0 radical (unpaired) electrons. The van der Waals surface area contributed by atoms with Crippen molar-refractivity contribution in [1.82, 2.24) is 5.32 Å². The van der Waals surface area contributed by atoms with E-state index in [0.29, 0.717) is 11.8 Å². The number of carbonyl (C=O) groups excluding carboxylic acids is 1. The van der Waals surface area contributed by atoms with E-state index >= 15 is 0 Å². The topological polar surface area (TPSA) is 58.6 Å². The van der Waals surface area contributed by atoms with Gasteiger partial charge in [-0.05, 0) is 38.3 Å². The molecule has 1 saturated carbocycles. The van der Waals surface area contributed by atoms with E-state index in [9.17, 15) is 9.90 Å². The third kappa shape index (κ3) is 3.12. The zero-order valence-electron chi connectivity index (χ0n) is 9.85. The molecule has 1 unspecified atom stereocenters. The summed E-state index contributed by atoms with van der Waals surface area (Å²) in [7, 11) is 0. The Bertz CT molecular complexity index is 401. The third-order valence-electron chi connectivity index (χ3n) is 2.95. The second-order valence-electron chi connectivity index (χ2n) is 4.39. The van der Waals surface area contributed by atoms with Gasteiger partial charge in [0, 0.05) is 12.1 Å². The lowest BCUT2D eigenvalue weighted by Gasteiger charge is -2.27. The highest BCUT2D eigenvalue weighted by atomic mass is 16.5. The van der Waals surface area contributed by atoms with E-state index in [1.54, 1.807) is 25.1 Å². The number of aromatic hydroxyl groups is 1. The predicted molar refractivity (Wildman–Crippen MR) is 64.0 cm³/mol. The van der Waals surface area contributed by atoms with Crippen molar-refractivity contribution < 1.29 is 14.6 Å². The highest BCUT2D eigenvalue weighted by molar-refractivity contribution is 5.81. The highest BCUT2D eigenvalue weighted by Gasteiger charge is 2.23. The quantitative estimate of drug-likeness (QED) is 0.837. The van der Waals surface area contributed by atoms with E-state index in [4.69, 9.17) is 4.74 Å². The monoisotopic (exact) mass is 235 g/mol. The van der Waals surface area contributed by atoms with Crippen LogP contribution >= 0.6 is 0 Å². The molecule has 0 heterocycles. The molecular weight excluding hydrogens is 218 g/mol. The van der Waals surface area contributed by atoms with Crippen LogP contribution in [0, 0.1) is 0 Å². The van der Waals surface area contributed by atoms with Gasteiger partial charge in [0.15, 0.2) is 6.10 Å². The summed E-state index contributed by atoms with van der Waals surface area (Å²) in [4.78, 5) is 11.7. The summed E-state index contributed by atoms with van der Waals surface area (Å²) >= 11 is 0. The fraction of sp³-hybridized carbons (Fsp3) is 0.462. The number of ether oxygens (including phenoxy) is 1. The summed E-state index contributed by atoms with van der Waals surface area (Å²) in [6.45, 7) is 1.71. The first-order valence-electron chi connectivity index (χ1n) is 5.91. The van der Waals surface area contributed by atoms with Crippen LogP contribution in [-0.4, -0.2) is 23.2 Å². The summed E-state index contributed by atoms with van der Waals surface area (Å²) in [6.07, 6.45) is 2.76. The summed E-state index contributed by atoms with van der Waals surface area (Å²) in [5.74, 6) is 0.536. The van der Waals surface area contributed by atoms with Crippen LogP contribution in [-0.2, 0) is 4.79 Å². The Morgan fingerprint density at radius 3 is 2.88 bits per heavy atom. The molecule has 1 fully saturated rings. The zero-order chi connectivity index (χ0) is 12.3.